The molecule has 1 aromatic carbocycles. The zero-order valence-electron chi connectivity index (χ0n) is 15.8. The number of nitrogens with zero attached hydrogens (tertiary/aromatic N) is 4. The molecule has 4 rings (SSSR count). The summed E-state index contributed by atoms with van der Waals surface area (Å²) < 4.78 is 11.3. The van der Waals surface area contributed by atoms with Gasteiger partial charge in [0.05, 0.1) is 0 Å². The zero-order chi connectivity index (χ0) is 19.7. The van der Waals surface area contributed by atoms with Crippen molar-refractivity contribution >= 4 is 34.3 Å². The lowest BCUT2D eigenvalue weighted by Gasteiger charge is -2.36. The number of anilines is 1. The second-order valence-corrected chi connectivity index (χ2v) is 7.22. The largest absolute Gasteiger partial charge is 0.467 e. The second kappa shape index (κ2) is 7.67. The summed E-state index contributed by atoms with van der Waals surface area (Å²) in [6.45, 7) is 6.51. The third kappa shape index (κ3) is 3.62. The van der Waals surface area contributed by atoms with E-state index in [2.05, 4.69) is 14.9 Å². The predicted octanol–water partition coefficient (Wildman–Crippen LogP) is 3.22. The number of furan rings is 1. The summed E-state index contributed by atoms with van der Waals surface area (Å²) in [4.78, 5) is 24.9. The first-order valence-electron chi connectivity index (χ1n) is 9.14. The molecule has 1 saturated heterocycles. The fourth-order valence-corrected chi connectivity index (χ4v) is 3.55. The van der Waals surface area contributed by atoms with Crippen LogP contribution in [-0.4, -0.2) is 53.6 Å². The van der Waals surface area contributed by atoms with Crippen LogP contribution >= 0.6 is 11.6 Å². The van der Waals surface area contributed by atoms with Gasteiger partial charge in [0.2, 0.25) is 11.6 Å². The maximum Gasteiger partial charge on any atom is 0.260 e. The number of carbonyl (C=O) groups is 1. The fraction of sp³-hybridized carbons (Fsp3) is 0.350. The van der Waals surface area contributed by atoms with E-state index in [9.17, 15) is 4.79 Å². The van der Waals surface area contributed by atoms with E-state index in [4.69, 9.17) is 20.8 Å². The van der Waals surface area contributed by atoms with Gasteiger partial charge in [-0.3, -0.25) is 4.79 Å². The Hall–Kier alpha value is -2.80. The molecule has 2 aromatic heterocycles. The SMILES string of the molecule is Cc1oc2ncnc(OCC(=O)N3CCN(c4cccc(Cl)c4)CC3)c2c1C. The first kappa shape index (κ1) is 18.6. The van der Waals surface area contributed by atoms with Crippen molar-refractivity contribution in [3.63, 3.8) is 0 Å². The monoisotopic (exact) mass is 400 g/mol. The van der Waals surface area contributed by atoms with E-state index in [0.29, 0.717) is 29.7 Å². The number of benzene rings is 1. The molecule has 0 atom stereocenters. The lowest BCUT2D eigenvalue weighted by Crippen LogP contribution is -2.50. The maximum absolute atomic E-state index is 12.6. The molecule has 8 heteroatoms. The van der Waals surface area contributed by atoms with Crippen molar-refractivity contribution in [3.8, 4) is 5.88 Å². The zero-order valence-corrected chi connectivity index (χ0v) is 16.6. The van der Waals surface area contributed by atoms with Gasteiger partial charge in [0.25, 0.3) is 5.91 Å². The standard InChI is InChI=1S/C20H21ClN4O3/c1-13-14(2)28-20-18(13)19(22-12-23-20)27-11-17(26)25-8-6-24(7-9-25)16-5-3-4-15(21)10-16/h3-5,10,12H,6-9,11H2,1-2H3. The Morgan fingerprint density at radius 2 is 2.00 bits per heavy atom. The number of hydrogen-bond acceptors (Lipinski definition) is 6. The van der Waals surface area contributed by atoms with E-state index >= 15 is 0 Å². The van der Waals surface area contributed by atoms with E-state index in [1.165, 1.54) is 6.33 Å². The number of carbonyl (C=O) groups excluding carboxylic acids is 1. The average Bonchev–Trinajstić information content (AvgIpc) is 3.00. The van der Waals surface area contributed by atoms with Crippen molar-refractivity contribution in [1.82, 2.24) is 14.9 Å². The van der Waals surface area contributed by atoms with Crippen LogP contribution in [0.25, 0.3) is 11.1 Å². The lowest BCUT2D eigenvalue weighted by atomic mass is 10.2. The first-order valence-corrected chi connectivity index (χ1v) is 9.52. The Morgan fingerprint density at radius 3 is 2.75 bits per heavy atom. The van der Waals surface area contributed by atoms with Gasteiger partial charge in [0.1, 0.15) is 17.5 Å². The lowest BCUT2D eigenvalue weighted by molar-refractivity contribution is -0.133. The highest BCUT2D eigenvalue weighted by atomic mass is 35.5. The molecule has 146 valence electrons. The van der Waals surface area contributed by atoms with Crippen LogP contribution in [0.5, 0.6) is 5.88 Å². The second-order valence-electron chi connectivity index (χ2n) is 6.78. The third-order valence-electron chi connectivity index (χ3n) is 5.07. The quantitative estimate of drug-likeness (QED) is 0.669. The van der Waals surface area contributed by atoms with Gasteiger partial charge in [-0.1, -0.05) is 17.7 Å². The van der Waals surface area contributed by atoms with Crippen molar-refractivity contribution in [2.24, 2.45) is 0 Å². The van der Waals surface area contributed by atoms with Gasteiger partial charge in [0.15, 0.2) is 6.61 Å². The minimum atomic E-state index is -0.0626. The highest BCUT2D eigenvalue weighted by Gasteiger charge is 2.23. The summed E-state index contributed by atoms with van der Waals surface area (Å²) in [6.07, 6.45) is 1.38. The normalized spacial score (nSPS) is 14.5. The van der Waals surface area contributed by atoms with Crippen molar-refractivity contribution in [2.75, 3.05) is 37.7 Å². The summed E-state index contributed by atoms with van der Waals surface area (Å²) in [5.41, 5.74) is 2.47. The van der Waals surface area contributed by atoms with Crippen molar-refractivity contribution < 1.29 is 13.9 Å². The summed E-state index contributed by atoms with van der Waals surface area (Å²) in [5, 5.41) is 1.43. The molecule has 28 heavy (non-hydrogen) atoms. The fourth-order valence-electron chi connectivity index (χ4n) is 3.37. The molecule has 1 aliphatic rings. The van der Waals surface area contributed by atoms with E-state index in [0.717, 1.165) is 35.5 Å². The summed E-state index contributed by atoms with van der Waals surface area (Å²) in [6, 6.07) is 7.76. The molecule has 3 aromatic rings. The minimum Gasteiger partial charge on any atom is -0.467 e. The minimum absolute atomic E-state index is 0.0598. The Kier molecular flexibility index (Phi) is 5.09. The van der Waals surface area contributed by atoms with E-state index in [-0.39, 0.29) is 12.5 Å². The molecule has 1 fully saturated rings. The number of fused-ring (bicyclic) bond motifs is 1. The van der Waals surface area contributed by atoms with Gasteiger partial charge < -0.3 is 19.0 Å². The molecule has 7 nitrogen and oxygen atoms in total. The Balaban J connectivity index is 1.37. The van der Waals surface area contributed by atoms with E-state index in [1.54, 1.807) is 0 Å². The predicted molar refractivity (Wildman–Crippen MR) is 107 cm³/mol. The number of aryl methyl sites for hydroxylation is 2. The van der Waals surface area contributed by atoms with Crippen LogP contribution in [0.1, 0.15) is 11.3 Å². The summed E-state index contributed by atoms with van der Waals surface area (Å²) in [5.74, 6) is 1.09. The van der Waals surface area contributed by atoms with Crippen LogP contribution in [0, 0.1) is 13.8 Å². The molecule has 0 spiro atoms. The summed E-state index contributed by atoms with van der Waals surface area (Å²) >= 11 is 6.07. The van der Waals surface area contributed by atoms with Gasteiger partial charge in [0, 0.05) is 42.5 Å². The number of aromatic nitrogens is 2. The number of ether oxygens (including phenoxy) is 1. The van der Waals surface area contributed by atoms with Crippen LogP contribution in [0.3, 0.4) is 0 Å². The number of piperazine rings is 1. The highest BCUT2D eigenvalue weighted by molar-refractivity contribution is 6.30. The van der Waals surface area contributed by atoms with Gasteiger partial charge in [-0.15, -0.1) is 0 Å². The molecule has 0 radical (unpaired) electrons. The number of rotatable bonds is 4. The molecule has 0 saturated carbocycles. The first-order chi connectivity index (χ1) is 13.5. The van der Waals surface area contributed by atoms with Crippen LogP contribution in [0.4, 0.5) is 5.69 Å². The van der Waals surface area contributed by atoms with Crippen LogP contribution in [0.15, 0.2) is 35.0 Å². The smallest absolute Gasteiger partial charge is 0.260 e. The number of halogens is 1. The average molecular weight is 401 g/mol. The number of amides is 1. The van der Waals surface area contributed by atoms with E-state index in [1.807, 2.05) is 43.0 Å². The van der Waals surface area contributed by atoms with Gasteiger partial charge in [-0.05, 0) is 32.0 Å². The molecular formula is C20H21ClN4O3. The summed E-state index contributed by atoms with van der Waals surface area (Å²) in [7, 11) is 0. The van der Waals surface area contributed by atoms with Gasteiger partial charge in [-0.25, -0.2) is 9.97 Å². The Bertz CT molecular complexity index is 1010. The molecule has 1 amide bonds. The van der Waals surface area contributed by atoms with Crippen molar-refractivity contribution in [1.29, 1.82) is 0 Å². The maximum atomic E-state index is 12.6. The van der Waals surface area contributed by atoms with Gasteiger partial charge >= 0.3 is 0 Å². The van der Waals surface area contributed by atoms with Crippen molar-refractivity contribution in [2.45, 2.75) is 13.8 Å². The molecule has 1 aliphatic heterocycles. The highest BCUT2D eigenvalue weighted by Crippen LogP contribution is 2.29. The molecule has 0 N–H and O–H groups in total. The molecule has 3 heterocycles. The number of hydrogen-bond donors (Lipinski definition) is 0. The Labute approximate surface area is 167 Å². The topological polar surface area (TPSA) is 71.7 Å². The van der Waals surface area contributed by atoms with E-state index < -0.39 is 0 Å². The molecular weight excluding hydrogens is 380 g/mol. The van der Waals surface area contributed by atoms with Crippen molar-refractivity contribution in [3.05, 3.63) is 46.9 Å². The van der Waals surface area contributed by atoms with Crippen LogP contribution in [0.2, 0.25) is 5.02 Å². The third-order valence-corrected chi connectivity index (χ3v) is 5.30. The molecule has 0 unspecified atom stereocenters. The van der Waals surface area contributed by atoms with Crippen LogP contribution < -0.4 is 9.64 Å². The van der Waals surface area contributed by atoms with Gasteiger partial charge in [-0.2, -0.15) is 0 Å². The molecule has 0 aliphatic carbocycles. The molecule has 0 bridgehead atoms. The van der Waals surface area contributed by atoms with Crippen LogP contribution in [-0.2, 0) is 4.79 Å². The Morgan fingerprint density at radius 1 is 1.21 bits per heavy atom.